The molecule has 1 aliphatic rings. The molecule has 1 aliphatic heterocycles. The Morgan fingerprint density at radius 1 is 1.11 bits per heavy atom. The van der Waals surface area contributed by atoms with Crippen molar-refractivity contribution in [3.8, 4) is 5.69 Å². The molecule has 5 rings (SSSR count). The number of aromatic nitrogens is 2. The van der Waals surface area contributed by atoms with Crippen molar-refractivity contribution < 1.29 is 9.53 Å². The summed E-state index contributed by atoms with van der Waals surface area (Å²) in [5, 5.41) is 3.88. The van der Waals surface area contributed by atoms with Gasteiger partial charge in [0.1, 0.15) is 0 Å². The van der Waals surface area contributed by atoms with Crippen LogP contribution in [0.1, 0.15) is 18.1 Å². The maximum atomic E-state index is 13.0. The Hall–Kier alpha value is -2.84. The lowest BCUT2D eigenvalue weighted by atomic mass is 10.2. The molecule has 3 aromatic carbocycles. The average Bonchev–Trinajstić information content (AvgIpc) is 3.24. The number of imidazole rings is 1. The second-order valence-electron chi connectivity index (χ2n) is 9.01. The highest BCUT2D eigenvalue weighted by Gasteiger charge is 2.21. The second-order valence-corrected chi connectivity index (χ2v) is 10.7. The summed E-state index contributed by atoms with van der Waals surface area (Å²) in [6, 6.07) is 22.3. The summed E-state index contributed by atoms with van der Waals surface area (Å²) >= 11 is 7.76. The number of fused-ring (bicyclic) bond motifs is 1. The zero-order valence-electron chi connectivity index (χ0n) is 20.4. The number of anilines is 1. The van der Waals surface area contributed by atoms with Gasteiger partial charge in [0.25, 0.3) is 0 Å². The van der Waals surface area contributed by atoms with Gasteiger partial charge in [-0.3, -0.25) is 14.3 Å². The molecule has 1 aromatic heterocycles. The summed E-state index contributed by atoms with van der Waals surface area (Å²) in [6.07, 6.45) is 0. The van der Waals surface area contributed by atoms with Gasteiger partial charge in [-0.2, -0.15) is 0 Å². The summed E-state index contributed by atoms with van der Waals surface area (Å²) < 4.78 is 7.59. The molecule has 1 fully saturated rings. The van der Waals surface area contributed by atoms with Gasteiger partial charge in [0.05, 0.1) is 40.2 Å². The minimum Gasteiger partial charge on any atom is -0.379 e. The minimum absolute atomic E-state index is 0.120. The van der Waals surface area contributed by atoms with E-state index < -0.39 is 0 Å². The predicted molar refractivity (Wildman–Crippen MR) is 147 cm³/mol. The molecular formula is C28H29ClN4O2S. The lowest BCUT2D eigenvalue weighted by Gasteiger charge is -2.26. The Labute approximate surface area is 220 Å². The van der Waals surface area contributed by atoms with Crippen LogP contribution < -0.4 is 5.32 Å². The van der Waals surface area contributed by atoms with Crippen molar-refractivity contribution >= 4 is 46.0 Å². The molecular weight excluding hydrogens is 492 g/mol. The van der Waals surface area contributed by atoms with Crippen LogP contribution in [0.4, 0.5) is 5.69 Å². The Balaban J connectivity index is 1.37. The molecule has 6 nitrogen and oxygen atoms in total. The van der Waals surface area contributed by atoms with Crippen molar-refractivity contribution in [3.63, 3.8) is 0 Å². The fraction of sp³-hybridized carbons (Fsp3) is 0.286. The number of nitrogens with zero attached hydrogens (tertiary/aromatic N) is 3. The van der Waals surface area contributed by atoms with E-state index in [1.807, 2.05) is 50.2 Å². The number of thioether (sulfide) groups is 1. The van der Waals surface area contributed by atoms with Crippen LogP contribution in [-0.4, -0.2) is 51.9 Å². The van der Waals surface area contributed by atoms with Crippen LogP contribution in [0, 0.1) is 6.92 Å². The molecule has 4 aromatic rings. The van der Waals surface area contributed by atoms with Crippen LogP contribution in [0.3, 0.4) is 0 Å². The van der Waals surface area contributed by atoms with Crippen LogP contribution >= 0.6 is 23.4 Å². The summed E-state index contributed by atoms with van der Waals surface area (Å²) in [5.41, 5.74) is 5.85. The number of para-hydroxylation sites is 2. The van der Waals surface area contributed by atoms with Gasteiger partial charge in [0.2, 0.25) is 5.91 Å². The Kier molecular flexibility index (Phi) is 7.62. The van der Waals surface area contributed by atoms with E-state index in [4.69, 9.17) is 21.3 Å². The standard InChI is InChI=1S/C28H29ClN4O2S/c1-19-7-12-24(23(29)17-19)30-27(34)20(2)36-28-31-25-5-3-4-6-26(25)33(28)22-10-8-21(9-11-22)18-32-13-15-35-16-14-32/h3-12,17,20H,13-16,18H2,1-2H3,(H,30,34). The Morgan fingerprint density at radius 3 is 2.61 bits per heavy atom. The number of benzene rings is 3. The molecule has 1 amide bonds. The molecule has 0 bridgehead atoms. The van der Waals surface area contributed by atoms with Crippen molar-refractivity contribution in [2.45, 2.75) is 30.8 Å². The number of amides is 1. The van der Waals surface area contributed by atoms with Crippen molar-refractivity contribution in [1.29, 1.82) is 0 Å². The van der Waals surface area contributed by atoms with Gasteiger partial charge in [0.15, 0.2) is 5.16 Å². The van der Waals surface area contributed by atoms with E-state index in [0.29, 0.717) is 10.7 Å². The monoisotopic (exact) mass is 520 g/mol. The van der Waals surface area contributed by atoms with Gasteiger partial charge in [-0.05, 0) is 61.4 Å². The SMILES string of the molecule is Cc1ccc(NC(=O)C(C)Sc2nc3ccccc3n2-c2ccc(CN3CCOCC3)cc2)c(Cl)c1. The summed E-state index contributed by atoms with van der Waals surface area (Å²) in [6.45, 7) is 8.27. The van der Waals surface area contributed by atoms with Crippen molar-refractivity contribution in [2.24, 2.45) is 0 Å². The normalized spacial score (nSPS) is 15.2. The van der Waals surface area contributed by atoms with E-state index in [9.17, 15) is 4.79 Å². The molecule has 8 heteroatoms. The molecule has 1 N–H and O–H groups in total. The first-order valence-corrected chi connectivity index (χ1v) is 13.3. The number of carbonyl (C=O) groups excluding carboxylic acids is 1. The summed E-state index contributed by atoms with van der Waals surface area (Å²) in [5.74, 6) is -0.120. The smallest absolute Gasteiger partial charge is 0.237 e. The van der Waals surface area contributed by atoms with Crippen molar-refractivity contribution in [1.82, 2.24) is 14.5 Å². The number of rotatable bonds is 7. The van der Waals surface area contributed by atoms with Crippen molar-refractivity contribution in [2.75, 3.05) is 31.6 Å². The van der Waals surface area contributed by atoms with E-state index in [1.165, 1.54) is 17.3 Å². The lowest BCUT2D eigenvalue weighted by Crippen LogP contribution is -2.35. The van der Waals surface area contributed by atoms with E-state index in [0.717, 1.165) is 60.3 Å². The highest BCUT2D eigenvalue weighted by atomic mass is 35.5. The third-order valence-corrected chi connectivity index (χ3v) is 7.63. The second kappa shape index (κ2) is 11.0. The highest BCUT2D eigenvalue weighted by Crippen LogP contribution is 2.32. The summed E-state index contributed by atoms with van der Waals surface area (Å²) in [4.78, 5) is 20.3. The molecule has 1 unspecified atom stereocenters. The average molecular weight is 521 g/mol. The number of aryl methyl sites for hydroxylation is 1. The zero-order chi connectivity index (χ0) is 25.1. The Morgan fingerprint density at radius 2 is 1.86 bits per heavy atom. The van der Waals surface area contributed by atoms with Crippen molar-refractivity contribution in [3.05, 3.63) is 82.9 Å². The maximum absolute atomic E-state index is 13.0. The number of ether oxygens (including phenoxy) is 1. The van der Waals surface area contributed by atoms with Crippen LogP contribution in [0.25, 0.3) is 16.7 Å². The number of nitrogens with one attached hydrogen (secondary N) is 1. The van der Waals surface area contributed by atoms with Crippen LogP contribution in [0.5, 0.6) is 0 Å². The third-order valence-electron chi connectivity index (χ3n) is 6.27. The van der Waals surface area contributed by atoms with Gasteiger partial charge >= 0.3 is 0 Å². The first kappa shape index (κ1) is 24.8. The van der Waals surface area contributed by atoms with Gasteiger partial charge < -0.3 is 10.1 Å². The third kappa shape index (κ3) is 5.60. The van der Waals surface area contributed by atoms with E-state index in [-0.39, 0.29) is 11.2 Å². The topological polar surface area (TPSA) is 59.4 Å². The first-order chi connectivity index (χ1) is 17.5. The van der Waals surface area contributed by atoms with Crippen LogP contribution in [0.2, 0.25) is 5.02 Å². The van der Waals surface area contributed by atoms with Crippen LogP contribution in [0.15, 0.2) is 71.9 Å². The van der Waals surface area contributed by atoms with E-state index in [2.05, 4.69) is 45.1 Å². The van der Waals surface area contributed by atoms with Crippen LogP contribution in [-0.2, 0) is 16.1 Å². The Bertz CT molecular complexity index is 1370. The number of hydrogen-bond acceptors (Lipinski definition) is 5. The number of morpholine rings is 1. The van der Waals surface area contributed by atoms with Gasteiger partial charge in [-0.1, -0.05) is 53.7 Å². The molecule has 1 atom stereocenters. The zero-order valence-corrected chi connectivity index (χ0v) is 22.0. The maximum Gasteiger partial charge on any atom is 0.237 e. The predicted octanol–water partition coefficient (Wildman–Crippen LogP) is 5.94. The first-order valence-electron chi connectivity index (χ1n) is 12.1. The van der Waals surface area contributed by atoms with Gasteiger partial charge in [-0.15, -0.1) is 0 Å². The molecule has 0 aliphatic carbocycles. The molecule has 0 radical (unpaired) electrons. The molecule has 0 saturated carbocycles. The molecule has 1 saturated heterocycles. The number of halogens is 1. The fourth-order valence-electron chi connectivity index (χ4n) is 4.27. The fourth-order valence-corrected chi connectivity index (χ4v) is 5.49. The number of hydrogen-bond donors (Lipinski definition) is 1. The molecule has 36 heavy (non-hydrogen) atoms. The van der Waals surface area contributed by atoms with Gasteiger partial charge in [0, 0.05) is 25.3 Å². The molecule has 0 spiro atoms. The summed E-state index contributed by atoms with van der Waals surface area (Å²) in [7, 11) is 0. The highest BCUT2D eigenvalue weighted by molar-refractivity contribution is 8.00. The minimum atomic E-state index is -0.376. The van der Waals surface area contributed by atoms with Gasteiger partial charge in [-0.25, -0.2) is 4.98 Å². The quantitative estimate of drug-likeness (QED) is 0.306. The van der Waals surface area contributed by atoms with E-state index in [1.54, 1.807) is 0 Å². The number of carbonyl (C=O) groups is 1. The lowest BCUT2D eigenvalue weighted by molar-refractivity contribution is -0.115. The largest absolute Gasteiger partial charge is 0.379 e. The van der Waals surface area contributed by atoms with E-state index >= 15 is 0 Å². The molecule has 186 valence electrons. The molecule has 2 heterocycles.